The highest BCUT2D eigenvalue weighted by molar-refractivity contribution is 5.02. The van der Waals surface area contributed by atoms with E-state index < -0.39 is 0 Å². The molecule has 2 heteroatoms. The Labute approximate surface area is 107 Å². The fraction of sp³-hybridized carbons (Fsp3) is 1.00. The number of hydrogen-bond acceptors (Lipinski definition) is 2. The molecule has 0 heterocycles. The lowest BCUT2D eigenvalue weighted by atomic mass is 9.64. The summed E-state index contributed by atoms with van der Waals surface area (Å²) >= 11 is 0. The van der Waals surface area contributed by atoms with Crippen molar-refractivity contribution in [3.05, 3.63) is 0 Å². The molecule has 3 unspecified atom stereocenters. The Balaban J connectivity index is 2.07. The number of unbranched alkanes of at least 4 members (excludes halogenated alkanes) is 4. The molecule has 0 aliphatic heterocycles. The molecule has 102 valence electrons. The topological polar surface area (TPSA) is 32.3 Å². The zero-order chi connectivity index (χ0) is 12.9. The van der Waals surface area contributed by atoms with E-state index in [9.17, 15) is 5.11 Å². The first kappa shape index (κ1) is 15.0. The molecular formula is C15H31NO. The number of aliphatic hydroxyl groups excluding tert-OH is 1. The minimum atomic E-state index is -0.114. The van der Waals surface area contributed by atoms with Crippen molar-refractivity contribution < 1.29 is 5.11 Å². The third kappa shape index (κ3) is 4.26. The molecule has 0 radical (unpaired) electrons. The van der Waals surface area contributed by atoms with Crippen molar-refractivity contribution in [2.75, 3.05) is 0 Å². The maximum atomic E-state index is 9.69. The molecular weight excluding hydrogens is 210 g/mol. The van der Waals surface area contributed by atoms with E-state index in [1.165, 1.54) is 38.5 Å². The van der Waals surface area contributed by atoms with Gasteiger partial charge in [-0.3, -0.25) is 0 Å². The summed E-state index contributed by atoms with van der Waals surface area (Å²) in [5.74, 6) is 0. The quantitative estimate of drug-likeness (QED) is 0.638. The van der Waals surface area contributed by atoms with Crippen molar-refractivity contribution in [3.63, 3.8) is 0 Å². The summed E-state index contributed by atoms with van der Waals surface area (Å²) in [6.07, 6.45) is 8.87. The zero-order valence-electron chi connectivity index (χ0n) is 12.1. The van der Waals surface area contributed by atoms with Crippen LogP contribution in [0.4, 0.5) is 0 Å². The van der Waals surface area contributed by atoms with Gasteiger partial charge >= 0.3 is 0 Å². The van der Waals surface area contributed by atoms with E-state index in [0.717, 1.165) is 6.42 Å². The van der Waals surface area contributed by atoms with Gasteiger partial charge in [-0.05, 0) is 19.8 Å². The zero-order valence-corrected chi connectivity index (χ0v) is 12.1. The molecule has 1 fully saturated rings. The van der Waals surface area contributed by atoms with Crippen LogP contribution in [0, 0.1) is 5.41 Å². The van der Waals surface area contributed by atoms with Crippen LogP contribution in [0.3, 0.4) is 0 Å². The minimum Gasteiger partial charge on any atom is -0.392 e. The van der Waals surface area contributed by atoms with Gasteiger partial charge in [-0.15, -0.1) is 0 Å². The SMILES string of the molecule is CCCCCCCC(C)NC1CC(O)C1(C)C. The minimum absolute atomic E-state index is 0.0659. The van der Waals surface area contributed by atoms with Crippen molar-refractivity contribution in [3.8, 4) is 0 Å². The Morgan fingerprint density at radius 2 is 1.88 bits per heavy atom. The van der Waals surface area contributed by atoms with Crippen molar-refractivity contribution >= 4 is 0 Å². The van der Waals surface area contributed by atoms with E-state index in [1.807, 2.05) is 0 Å². The van der Waals surface area contributed by atoms with Gasteiger partial charge in [-0.2, -0.15) is 0 Å². The Hall–Kier alpha value is -0.0800. The van der Waals surface area contributed by atoms with Gasteiger partial charge < -0.3 is 10.4 Å². The molecule has 0 spiro atoms. The first-order chi connectivity index (χ1) is 7.98. The van der Waals surface area contributed by atoms with Crippen molar-refractivity contribution in [1.29, 1.82) is 0 Å². The van der Waals surface area contributed by atoms with Crippen LogP contribution in [0.2, 0.25) is 0 Å². The molecule has 3 atom stereocenters. The molecule has 0 bridgehead atoms. The summed E-state index contributed by atoms with van der Waals surface area (Å²) in [5.41, 5.74) is 0.0659. The van der Waals surface area contributed by atoms with Crippen molar-refractivity contribution in [1.82, 2.24) is 5.32 Å². The molecule has 1 rings (SSSR count). The number of nitrogens with one attached hydrogen (secondary N) is 1. The number of hydrogen-bond donors (Lipinski definition) is 2. The van der Waals surface area contributed by atoms with E-state index in [1.54, 1.807) is 0 Å². The van der Waals surface area contributed by atoms with Gasteiger partial charge in [0.1, 0.15) is 0 Å². The first-order valence-electron chi connectivity index (χ1n) is 7.42. The monoisotopic (exact) mass is 241 g/mol. The van der Waals surface area contributed by atoms with Gasteiger partial charge in [0.25, 0.3) is 0 Å². The molecule has 1 aliphatic rings. The lowest BCUT2D eigenvalue weighted by Gasteiger charge is -2.50. The maximum Gasteiger partial charge on any atom is 0.0621 e. The number of aliphatic hydroxyl groups is 1. The molecule has 1 aliphatic carbocycles. The third-order valence-corrected chi connectivity index (χ3v) is 4.44. The standard InChI is InChI=1S/C15H31NO/c1-5-6-7-8-9-10-12(2)16-13-11-14(17)15(13,3)4/h12-14,16-17H,5-11H2,1-4H3. The average Bonchev–Trinajstić information content (AvgIpc) is 2.28. The molecule has 17 heavy (non-hydrogen) atoms. The van der Waals surface area contributed by atoms with Crippen molar-refractivity contribution in [2.45, 2.75) is 90.8 Å². The summed E-state index contributed by atoms with van der Waals surface area (Å²) in [4.78, 5) is 0. The predicted molar refractivity (Wildman–Crippen MR) is 74.2 cm³/mol. The Morgan fingerprint density at radius 3 is 2.41 bits per heavy atom. The highest BCUT2D eigenvalue weighted by Crippen LogP contribution is 2.40. The second-order valence-electron chi connectivity index (χ2n) is 6.40. The largest absolute Gasteiger partial charge is 0.392 e. The Morgan fingerprint density at radius 1 is 1.24 bits per heavy atom. The molecule has 0 amide bonds. The lowest BCUT2D eigenvalue weighted by molar-refractivity contribution is -0.0755. The van der Waals surface area contributed by atoms with Gasteiger partial charge in [0.05, 0.1) is 6.10 Å². The fourth-order valence-electron chi connectivity index (χ4n) is 2.67. The summed E-state index contributed by atoms with van der Waals surface area (Å²) in [6.45, 7) is 8.86. The lowest BCUT2D eigenvalue weighted by Crippen LogP contribution is -2.61. The van der Waals surface area contributed by atoms with Gasteiger partial charge in [-0.1, -0.05) is 52.9 Å². The second kappa shape index (κ2) is 6.75. The van der Waals surface area contributed by atoms with E-state index in [-0.39, 0.29) is 11.5 Å². The van der Waals surface area contributed by atoms with Crippen molar-refractivity contribution in [2.24, 2.45) is 5.41 Å². The van der Waals surface area contributed by atoms with Crippen LogP contribution in [-0.4, -0.2) is 23.3 Å². The highest BCUT2D eigenvalue weighted by Gasteiger charge is 2.47. The molecule has 1 saturated carbocycles. The first-order valence-corrected chi connectivity index (χ1v) is 7.42. The highest BCUT2D eigenvalue weighted by atomic mass is 16.3. The predicted octanol–water partition coefficient (Wildman–Crippen LogP) is 3.48. The van der Waals surface area contributed by atoms with Crippen LogP contribution < -0.4 is 5.32 Å². The molecule has 2 N–H and O–H groups in total. The van der Waals surface area contributed by atoms with Crippen LogP contribution in [0.25, 0.3) is 0 Å². The summed E-state index contributed by atoms with van der Waals surface area (Å²) in [5, 5.41) is 13.4. The van der Waals surface area contributed by atoms with Crippen LogP contribution in [0.5, 0.6) is 0 Å². The fourth-order valence-corrected chi connectivity index (χ4v) is 2.67. The van der Waals surface area contributed by atoms with Gasteiger partial charge in [0, 0.05) is 17.5 Å². The van der Waals surface area contributed by atoms with Crippen LogP contribution in [-0.2, 0) is 0 Å². The Kier molecular flexibility index (Phi) is 5.94. The van der Waals surface area contributed by atoms with E-state index >= 15 is 0 Å². The normalized spacial score (nSPS) is 28.8. The summed E-state index contributed by atoms with van der Waals surface area (Å²) in [6, 6.07) is 1.09. The van der Waals surface area contributed by atoms with E-state index in [4.69, 9.17) is 0 Å². The maximum absolute atomic E-state index is 9.69. The van der Waals surface area contributed by atoms with Crippen LogP contribution in [0.15, 0.2) is 0 Å². The molecule has 0 saturated heterocycles. The second-order valence-corrected chi connectivity index (χ2v) is 6.40. The van der Waals surface area contributed by atoms with Gasteiger partial charge in [0.2, 0.25) is 0 Å². The van der Waals surface area contributed by atoms with Gasteiger partial charge in [0.15, 0.2) is 0 Å². The molecule has 2 nitrogen and oxygen atoms in total. The molecule has 0 aromatic rings. The Bertz CT molecular complexity index is 215. The van der Waals surface area contributed by atoms with E-state index in [2.05, 4.69) is 33.0 Å². The molecule has 0 aromatic heterocycles. The van der Waals surface area contributed by atoms with Crippen LogP contribution >= 0.6 is 0 Å². The molecule has 0 aromatic carbocycles. The summed E-state index contributed by atoms with van der Waals surface area (Å²) < 4.78 is 0. The van der Waals surface area contributed by atoms with Gasteiger partial charge in [-0.25, -0.2) is 0 Å². The smallest absolute Gasteiger partial charge is 0.0621 e. The third-order valence-electron chi connectivity index (χ3n) is 4.44. The van der Waals surface area contributed by atoms with E-state index in [0.29, 0.717) is 12.1 Å². The average molecular weight is 241 g/mol. The summed E-state index contributed by atoms with van der Waals surface area (Å²) in [7, 11) is 0. The number of rotatable bonds is 8. The van der Waals surface area contributed by atoms with Crippen LogP contribution in [0.1, 0.15) is 72.6 Å².